The topological polar surface area (TPSA) is 42.0 Å². The minimum atomic E-state index is 0.0810. The Kier molecular flexibility index (Phi) is 2.00. The number of aromatic nitrogens is 1. The summed E-state index contributed by atoms with van der Waals surface area (Å²) in [7, 11) is 0. The Morgan fingerprint density at radius 1 is 1.62 bits per heavy atom. The molecule has 2 heterocycles. The number of pyridine rings is 1. The van der Waals surface area contributed by atoms with Gasteiger partial charge in [-0.05, 0) is 24.5 Å². The van der Waals surface area contributed by atoms with Crippen LogP contribution in [0.2, 0.25) is 0 Å². The van der Waals surface area contributed by atoms with Crippen LogP contribution in [0.15, 0.2) is 18.3 Å². The van der Waals surface area contributed by atoms with Gasteiger partial charge in [0, 0.05) is 12.1 Å². The number of rotatable bonds is 0. The van der Waals surface area contributed by atoms with Crippen LogP contribution in [0.25, 0.3) is 0 Å². The molecule has 1 aromatic rings. The molecule has 1 aromatic heterocycles. The molecule has 1 aliphatic heterocycles. The molecule has 2 rings (SSSR count). The smallest absolute Gasteiger partial charge is 0.228 e. The van der Waals surface area contributed by atoms with Crippen LogP contribution in [0.5, 0.6) is 0 Å². The average Bonchev–Trinajstić information content (AvgIpc) is 2.28. The van der Waals surface area contributed by atoms with Gasteiger partial charge in [-0.1, -0.05) is 13.0 Å². The van der Waals surface area contributed by atoms with Gasteiger partial charge in [0.2, 0.25) is 5.91 Å². The fourth-order valence-corrected chi connectivity index (χ4v) is 1.50. The molecular weight excluding hydrogens is 164 g/mol. The van der Waals surface area contributed by atoms with E-state index in [9.17, 15) is 4.79 Å². The minimum Gasteiger partial charge on any atom is -0.310 e. The highest BCUT2D eigenvalue weighted by Gasteiger charge is 2.19. The Balaban J connectivity index is 2.35. The second kappa shape index (κ2) is 3.17. The molecule has 0 radical (unpaired) electrons. The molecule has 1 N–H and O–H groups in total. The highest BCUT2D eigenvalue weighted by atomic mass is 16.1. The minimum absolute atomic E-state index is 0.0810. The molecule has 1 atom stereocenters. The zero-order valence-electron chi connectivity index (χ0n) is 7.58. The van der Waals surface area contributed by atoms with Crippen molar-refractivity contribution in [1.82, 2.24) is 4.98 Å². The fraction of sp³-hybridized carbons (Fsp3) is 0.400. The molecule has 0 aliphatic carbocycles. The van der Waals surface area contributed by atoms with E-state index in [0.717, 1.165) is 24.2 Å². The molecule has 1 amide bonds. The number of carbonyl (C=O) groups is 1. The van der Waals surface area contributed by atoms with Gasteiger partial charge >= 0.3 is 0 Å². The van der Waals surface area contributed by atoms with Gasteiger partial charge in [-0.15, -0.1) is 0 Å². The summed E-state index contributed by atoms with van der Waals surface area (Å²) >= 11 is 0. The zero-order valence-corrected chi connectivity index (χ0v) is 7.58. The number of aryl methyl sites for hydroxylation is 1. The molecule has 0 aromatic carbocycles. The van der Waals surface area contributed by atoms with Crippen molar-refractivity contribution in [2.75, 3.05) is 5.32 Å². The lowest BCUT2D eigenvalue weighted by Gasteiger charge is -2.05. The van der Waals surface area contributed by atoms with Crippen molar-refractivity contribution >= 4 is 11.7 Å². The van der Waals surface area contributed by atoms with Crippen molar-refractivity contribution in [3.63, 3.8) is 0 Å². The number of hydrogen-bond donors (Lipinski definition) is 1. The molecule has 3 heteroatoms. The number of hydrogen-bond acceptors (Lipinski definition) is 2. The van der Waals surface area contributed by atoms with Crippen molar-refractivity contribution in [2.45, 2.75) is 19.8 Å². The molecule has 1 unspecified atom stereocenters. The van der Waals surface area contributed by atoms with Crippen molar-refractivity contribution in [3.8, 4) is 0 Å². The number of anilines is 1. The van der Waals surface area contributed by atoms with E-state index in [1.165, 1.54) is 0 Å². The lowest BCUT2D eigenvalue weighted by atomic mass is 10.0. The van der Waals surface area contributed by atoms with Crippen LogP contribution in [-0.4, -0.2) is 10.9 Å². The van der Waals surface area contributed by atoms with E-state index in [4.69, 9.17) is 0 Å². The molecule has 0 bridgehead atoms. The highest BCUT2D eigenvalue weighted by molar-refractivity contribution is 5.92. The first-order valence-electron chi connectivity index (χ1n) is 4.52. The van der Waals surface area contributed by atoms with Gasteiger partial charge in [0.1, 0.15) is 5.82 Å². The SMILES string of the molecule is CC1CCc2cccnc2NC1=O. The van der Waals surface area contributed by atoms with Crippen LogP contribution in [0, 0.1) is 5.92 Å². The Labute approximate surface area is 77.2 Å². The molecule has 0 saturated heterocycles. The molecule has 0 saturated carbocycles. The van der Waals surface area contributed by atoms with Crippen molar-refractivity contribution < 1.29 is 4.79 Å². The van der Waals surface area contributed by atoms with E-state index in [1.54, 1.807) is 6.20 Å². The molecule has 0 fully saturated rings. The van der Waals surface area contributed by atoms with Gasteiger partial charge in [-0.2, -0.15) is 0 Å². The van der Waals surface area contributed by atoms with Crippen LogP contribution < -0.4 is 5.32 Å². The van der Waals surface area contributed by atoms with E-state index in [1.807, 2.05) is 19.1 Å². The van der Waals surface area contributed by atoms with Crippen LogP contribution in [0.1, 0.15) is 18.9 Å². The predicted molar refractivity (Wildman–Crippen MR) is 50.4 cm³/mol. The number of nitrogens with zero attached hydrogens (tertiary/aromatic N) is 1. The summed E-state index contributed by atoms with van der Waals surface area (Å²) in [6.45, 7) is 1.95. The maximum absolute atomic E-state index is 11.4. The number of fused-ring (bicyclic) bond motifs is 1. The van der Waals surface area contributed by atoms with Gasteiger partial charge in [-0.3, -0.25) is 4.79 Å². The van der Waals surface area contributed by atoms with E-state index in [-0.39, 0.29) is 11.8 Å². The van der Waals surface area contributed by atoms with Crippen LogP contribution in [0.3, 0.4) is 0 Å². The van der Waals surface area contributed by atoms with E-state index < -0.39 is 0 Å². The van der Waals surface area contributed by atoms with E-state index in [2.05, 4.69) is 10.3 Å². The standard InChI is InChI=1S/C10H12N2O/c1-7-4-5-8-3-2-6-11-9(8)12-10(7)13/h2-3,6-7H,4-5H2,1H3,(H,11,12,13). The molecule has 13 heavy (non-hydrogen) atoms. The first-order valence-corrected chi connectivity index (χ1v) is 4.52. The van der Waals surface area contributed by atoms with Crippen LogP contribution in [-0.2, 0) is 11.2 Å². The summed E-state index contributed by atoms with van der Waals surface area (Å²) in [5, 5.41) is 2.82. The Bertz CT molecular complexity index is 335. The predicted octanol–water partition coefficient (Wildman–Crippen LogP) is 1.60. The Morgan fingerprint density at radius 3 is 3.31 bits per heavy atom. The largest absolute Gasteiger partial charge is 0.310 e. The third-order valence-electron chi connectivity index (χ3n) is 2.43. The second-order valence-electron chi connectivity index (χ2n) is 3.44. The van der Waals surface area contributed by atoms with Crippen molar-refractivity contribution in [1.29, 1.82) is 0 Å². The molecule has 0 spiro atoms. The molecule has 68 valence electrons. The lowest BCUT2D eigenvalue weighted by molar-refractivity contribution is -0.119. The number of amides is 1. The van der Waals surface area contributed by atoms with Gasteiger partial charge in [-0.25, -0.2) is 4.98 Å². The number of nitrogens with one attached hydrogen (secondary N) is 1. The number of carbonyl (C=O) groups excluding carboxylic acids is 1. The molecule has 1 aliphatic rings. The van der Waals surface area contributed by atoms with Crippen LogP contribution >= 0.6 is 0 Å². The normalized spacial score (nSPS) is 21.6. The summed E-state index contributed by atoms with van der Waals surface area (Å²) in [6.07, 6.45) is 3.54. The molecule has 3 nitrogen and oxygen atoms in total. The summed E-state index contributed by atoms with van der Waals surface area (Å²) in [5.74, 6) is 0.906. The maximum atomic E-state index is 11.4. The molecular formula is C10H12N2O. The summed E-state index contributed by atoms with van der Waals surface area (Å²) in [5.41, 5.74) is 1.14. The summed E-state index contributed by atoms with van der Waals surface area (Å²) in [4.78, 5) is 15.6. The Morgan fingerprint density at radius 2 is 2.46 bits per heavy atom. The quantitative estimate of drug-likeness (QED) is 0.652. The van der Waals surface area contributed by atoms with Gasteiger partial charge in [0.05, 0.1) is 0 Å². The van der Waals surface area contributed by atoms with Gasteiger partial charge in [0.25, 0.3) is 0 Å². The fourth-order valence-electron chi connectivity index (χ4n) is 1.50. The third-order valence-corrected chi connectivity index (χ3v) is 2.43. The monoisotopic (exact) mass is 176 g/mol. The highest BCUT2D eigenvalue weighted by Crippen LogP contribution is 2.21. The van der Waals surface area contributed by atoms with Crippen LogP contribution in [0.4, 0.5) is 5.82 Å². The first kappa shape index (κ1) is 8.23. The summed E-state index contributed by atoms with van der Waals surface area (Å²) in [6, 6.07) is 3.92. The third kappa shape index (κ3) is 1.54. The van der Waals surface area contributed by atoms with Gasteiger partial charge in [0.15, 0.2) is 0 Å². The summed E-state index contributed by atoms with van der Waals surface area (Å²) < 4.78 is 0. The lowest BCUT2D eigenvalue weighted by Crippen LogP contribution is -2.18. The van der Waals surface area contributed by atoms with Crippen molar-refractivity contribution in [2.24, 2.45) is 5.92 Å². The van der Waals surface area contributed by atoms with Crippen molar-refractivity contribution in [3.05, 3.63) is 23.9 Å². The first-order chi connectivity index (χ1) is 6.27. The maximum Gasteiger partial charge on any atom is 0.228 e. The second-order valence-corrected chi connectivity index (χ2v) is 3.44. The van der Waals surface area contributed by atoms with Gasteiger partial charge < -0.3 is 5.32 Å². The van der Waals surface area contributed by atoms with E-state index >= 15 is 0 Å². The Hall–Kier alpha value is -1.38. The van der Waals surface area contributed by atoms with E-state index in [0.29, 0.717) is 0 Å². The zero-order chi connectivity index (χ0) is 9.26. The average molecular weight is 176 g/mol.